The van der Waals surface area contributed by atoms with Crippen molar-refractivity contribution in [2.45, 2.75) is 6.54 Å². The molecule has 0 unspecified atom stereocenters. The lowest BCUT2D eigenvalue weighted by atomic mass is 10.0. The molecule has 3 aromatic carbocycles. The number of aromatic nitrogens is 2. The summed E-state index contributed by atoms with van der Waals surface area (Å²) in [4.78, 5) is 16.9. The first-order chi connectivity index (χ1) is 15.6. The molecule has 32 heavy (non-hydrogen) atoms. The number of nitrogens with zero attached hydrogens (tertiary/aromatic N) is 2. The van der Waals surface area contributed by atoms with E-state index in [1.165, 1.54) is 0 Å². The molecule has 4 aromatic rings. The van der Waals surface area contributed by atoms with E-state index in [1.54, 1.807) is 43.4 Å². The maximum Gasteiger partial charge on any atom is 0.270 e. The van der Waals surface area contributed by atoms with Crippen LogP contribution in [-0.4, -0.2) is 29.7 Å². The van der Waals surface area contributed by atoms with E-state index in [0.717, 1.165) is 33.9 Å². The highest BCUT2D eigenvalue weighted by Gasteiger charge is 2.15. The molecule has 0 aliphatic rings. The number of imidazole rings is 1. The first kappa shape index (κ1) is 21.5. The minimum absolute atomic E-state index is 0.215. The number of amides is 1. The van der Waals surface area contributed by atoms with Gasteiger partial charge >= 0.3 is 0 Å². The van der Waals surface area contributed by atoms with E-state index in [-0.39, 0.29) is 5.91 Å². The summed E-state index contributed by atoms with van der Waals surface area (Å²) in [6, 6.07) is 20.8. The Morgan fingerprint density at radius 3 is 2.25 bits per heavy atom. The number of carbonyl (C=O) groups excluding carboxylic acids is 1. The molecule has 0 aliphatic carbocycles. The molecule has 1 amide bonds. The molecule has 0 atom stereocenters. The number of ether oxygens (including phenoxy) is 2. The Morgan fingerprint density at radius 1 is 0.969 bits per heavy atom. The predicted molar refractivity (Wildman–Crippen MR) is 125 cm³/mol. The molecule has 0 fully saturated rings. The van der Waals surface area contributed by atoms with Gasteiger partial charge in [0.15, 0.2) is 0 Å². The summed E-state index contributed by atoms with van der Waals surface area (Å²) in [7, 11) is 3.26. The van der Waals surface area contributed by atoms with Gasteiger partial charge in [-0.25, -0.2) is 4.98 Å². The number of halogens is 1. The van der Waals surface area contributed by atoms with Crippen LogP contribution in [-0.2, 0) is 6.54 Å². The number of hydrogen-bond acceptors (Lipinski definition) is 4. The van der Waals surface area contributed by atoms with Gasteiger partial charge in [-0.1, -0.05) is 41.9 Å². The van der Waals surface area contributed by atoms with Gasteiger partial charge in [-0.15, -0.1) is 0 Å². The second-order valence-electron chi connectivity index (χ2n) is 7.04. The van der Waals surface area contributed by atoms with E-state index in [9.17, 15) is 4.79 Å². The smallest absolute Gasteiger partial charge is 0.270 e. The van der Waals surface area contributed by atoms with Gasteiger partial charge < -0.3 is 14.8 Å². The van der Waals surface area contributed by atoms with Gasteiger partial charge in [0.25, 0.3) is 5.91 Å². The first-order valence-electron chi connectivity index (χ1n) is 9.97. The van der Waals surface area contributed by atoms with Crippen LogP contribution in [0.15, 0.2) is 79.3 Å². The van der Waals surface area contributed by atoms with Crippen LogP contribution in [0.3, 0.4) is 0 Å². The van der Waals surface area contributed by atoms with Gasteiger partial charge in [0.05, 0.1) is 32.3 Å². The second-order valence-corrected chi connectivity index (χ2v) is 7.48. The van der Waals surface area contributed by atoms with Crippen molar-refractivity contribution < 1.29 is 14.3 Å². The Labute approximate surface area is 191 Å². The number of methoxy groups -OCH3 is 2. The summed E-state index contributed by atoms with van der Waals surface area (Å²) in [5, 5.41) is 3.58. The molecule has 0 saturated carbocycles. The predicted octanol–water partition coefficient (Wildman–Crippen LogP) is 5.14. The molecule has 0 bridgehead atoms. The fraction of sp³-hybridized carbons (Fsp3) is 0.120. The van der Waals surface area contributed by atoms with Crippen LogP contribution in [0, 0.1) is 0 Å². The number of benzene rings is 3. The molecule has 1 heterocycles. The summed E-state index contributed by atoms with van der Waals surface area (Å²) < 4.78 is 12.8. The van der Waals surface area contributed by atoms with Gasteiger partial charge in [-0.05, 0) is 47.5 Å². The SMILES string of the molecule is COc1cccc(OC)c1-c1ccc(-n2cncc2C(=O)NCc2ccc(Cl)cc2)cc1. The minimum Gasteiger partial charge on any atom is -0.496 e. The third-order valence-corrected chi connectivity index (χ3v) is 5.35. The molecule has 0 aliphatic heterocycles. The highest BCUT2D eigenvalue weighted by atomic mass is 35.5. The Kier molecular flexibility index (Phi) is 6.42. The summed E-state index contributed by atoms with van der Waals surface area (Å²) >= 11 is 5.92. The van der Waals surface area contributed by atoms with E-state index in [0.29, 0.717) is 17.3 Å². The van der Waals surface area contributed by atoms with Crippen molar-refractivity contribution in [3.05, 3.63) is 95.5 Å². The third-order valence-electron chi connectivity index (χ3n) is 5.10. The quantitative estimate of drug-likeness (QED) is 0.426. The highest BCUT2D eigenvalue weighted by Crippen LogP contribution is 2.38. The van der Waals surface area contributed by atoms with Crippen LogP contribution >= 0.6 is 11.6 Å². The normalized spacial score (nSPS) is 10.6. The van der Waals surface area contributed by atoms with Crippen molar-refractivity contribution in [3.63, 3.8) is 0 Å². The van der Waals surface area contributed by atoms with Crippen molar-refractivity contribution in [1.29, 1.82) is 0 Å². The average Bonchev–Trinajstić information content (AvgIpc) is 3.33. The number of nitrogens with one attached hydrogen (secondary N) is 1. The minimum atomic E-state index is -0.215. The Bertz CT molecular complexity index is 1200. The zero-order valence-corrected chi connectivity index (χ0v) is 18.5. The zero-order valence-electron chi connectivity index (χ0n) is 17.7. The van der Waals surface area contributed by atoms with Crippen LogP contribution in [0.4, 0.5) is 0 Å². The molecule has 0 radical (unpaired) electrons. The standard InChI is InChI=1S/C25H22ClN3O3/c1-31-22-4-3-5-23(32-2)24(22)18-8-12-20(13-9-18)29-16-27-15-21(29)25(30)28-14-17-6-10-19(26)11-7-17/h3-13,15-16H,14H2,1-2H3,(H,28,30). The average molecular weight is 448 g/mol. The van der Waals surface area contributed by atoms with Crippen LogP contribution in [0.1, 0.15) is 16.1 Å². The van der Waals surface area contributed by atoms with Crippen LogP contribution in [0.25, 0.3) is 16.8 Å². The van der Waals surface area contributed by atoms with Crippen molar-refractivity contribution in [2.24, 2.45) is 0 Å². The van der Waals surface area contributed by atoms with Gasteiger partial charge in [0.2, 0.25) is 0 Å². The maximum atomic E-state index is 12.8. The van der Waals surface area contributed by atoms with Crippen LogP contribution < -0.4 is 14.8 Å². The molecule has 7 heteroatoms. The van der Waals surface area contributed by atoms with E-state index in [1.807, 2.05) is 54.6 Å². The first-order valence-corrected chi connectivity index (χ1v) is 10.4. The maximum absolute atomic E-state index is 12.8. The van der Waals surface area contributed by atoms with Crippen LogP contribution in [0.5, 0.6) is 11.5 Å². The monoisotopic (exact) mass is 447 g/mol. The summed E-state index contributed by atoms with van der Waals surface area (Å²) in [6.07, 6.45) is 3.17. The highest BCUT2D eigenvalue weighted by molar-refractivity contribution is 6.30. The number of rotatable bonds is 7. The lowest BCUT2D eigenvalue weighted by Crippen LogP contribution is -2.25. The summed E-state index contributed by atoms with van der Waals surface area (Å²) in [5.41, 5.74) is 4.04. The Morgan fingerprint density at radius 2 is 1.62 bits per heavy atom. The molecule has 4 rings (SSSR count). The fourth-order valence-electron chi connectivity index (χ4n) is 3.47. The molecular weight excluding hydrogens is 426 g/mol. The van der Waals surface area contributed by atoms with Crippen molar-refractivity contribution in [2.75, 3.05) is 14.2 Å². The molecular formula is C25H22ClN3O3. The van der Waals surface area contributed by atoms with Gasteiger partial charge in [0, 0.05) is 17.3 Å². The Hall–Kier alpha value is -3.77. The number of carbonyl (C=O) groups is 1. The number of hydrogen-bond donors (Lipinski definition) is 1. The van der Waals surface area contributed by atoms with Gasteiger partial charge in [-0.2, -0.15) is 0 Å². The molecule has 1 N–H and O–H groups in total. The van der Waals surface area contributed by atoms with Gasteiger partial charge in [0.1, 0.15) is 17.2 Å². The molecule has 6 nitrogen and oxygen atoms in total. The summed E-state index contributed by atoms with van der Waals surface area (Å²) in [5.74, 6) is 1.23. The van der Waals surface area contributed by atoms with Gasteiger partial charge in [-0.3, -0.25) is 9.36 Å². The zero-order chi connectivity index (χ0) is 22.5. The van der Waals surface area contributed by atoms with E-state index >= 15 is 0 Å². The fourth-order valence-corrected chi connectivity index (χ4v) is 3.59. The van der Waals surface area contributed by atoms with Crippen molar-refractivity contribution in [3.8, 4) is 28.3 Å². The van der Waals surface area contributed by atoms with Crippen molar-refractivity contribution >= 4 is 17.5 Å². The molecule has 162 valence electrons. The molecule has 0 spiro atoms. The summed E-state index contributed by atoms with van der Waals surface area (Å²) in [6.45, 7) is 0.397. The Balaban J connectivity index is 1.56. The molecule has 0 saturated heterocycles. The van der Waals surface area contributed by atoms with E-state index in [2.05, 4.69) is 10.3 Å². The van der Waals surface area contributed by atoms with Crippen LogP contribution in [0.2, 0.25) is 5.02 Å². The molecule has 1 aromatic heterocycles. The topological polar surface area (TPSA) is 65.4 Å². The lowest BCUT2D eigenvalue weighted by molar-refractivity contribution is 0.0944. The largest absolute Gasteiger partial charge is 0.496 e. The second kappa shape index (κ2) is 9.58. The van der Waals surface area contributed by atoms with Crippen molar-refractivity contribution in [1.82, 2.24) is 14.9 Å². The van der Waals surface area contributed by atoms with E-state index < -0.39 is 0 Å². The van der Waals surface area contributed by atoms with E-state index in [4.69, 9.17) is 21.1 Å². The third kappa shape index (κ3) is 4.45. The lowest BCUT2D eigenvalue weighted by Gasteiger charge is -2.14.